The Kier molecular flexibility index (Phi) is 7.08. The molecule has 2 N–H and O–H groups in total. The normalized spacial score (nSPS) is 20.2. The van der Waals surface area contributed by atoms with E-state index in [2.05, 4.69) is 10.6 Å². The van der Waals surface area contributed by atoms with Crippen molar-refractivity contribution in [1.82, 2.24) is 14.9 Å². The summed E-state index contributed by atoms with van der Waals surface area (Å²) in [7, 11) is -3.56. The van der Waals surface area contributed by atoms with Crippen molar-refractivity contribution in [2.45, 2.75) is 62.3 Å². The highest BCUT2D eigenvalue weighted by Gasteiger charge is 2.31. The monoisotopic (exact) mass is 399 g/mol. The van der Waals surface area contributed by atoms with E-state index in [1.807, 2.05) is 0 Å². The van der Waals surface area contributed by atoms with Crippen LogP contribution in [0.25, 0.3) is 0 Å². The van der Waals surface area contributed by atoms with E-state index < -0.39 is 10.0 Å². The molecule has 26 heavy (non-hydrogen) atoms. The third-order valence-corrected chi connectivity index (χ3v) is 8.20. The van der Waals surface area contributed by atoms with Gasteiger partial charge in [0.1, 0.15) is 9.77 Å². The Bertz CT molecular complexity index is 688. The second kappa shape index (κ2) is 9.30. The van der Waals surface area contributed by atoms with E-state index in [4.69, 9.17) is 0 Å². The molecule has 1 aromatic rings. The molecule has 0 atom stereocenters. The molecule has 2 heterocycles. The van der Waals surface area contributed by atoms with Crippen LogP contribution in [0.4, 0.5) is 0 Å². The molecule has 0 aromatic carbocycles. The minimum absolute atomic E-state index is 0.152. The van der Waals surface area contributed by atoms with Gasteiger partial charge in [-0.05, 0) is 37.1 Å². The van der Waals surface area contributed by atoms with Crippen molar-refractivity contribution < 1.29 is 13.2 Å². The number of amides is 1. The molecule has 1 aliphatic heterocycles. The molecule has 2 fully saturated rings. The molecule has 1 aliphatic carbocycles. The Hall–Kier alpha value is -0.960. The zero-order chi connectivity index (χ0) is 18.4. The predicted molar refractivity (Wildman–Crippen MR) is 104 cm³/mol. The first-order valence-electron chi connectivity index (χ1n) is 9.68. The lowest BCUT2D eigenvalue weighted by molar-refractivity contribution is 0.0954. The van der Waals surface area contributed by atoms with E-state index >= 15 is 0 Å². The summed E-state index contributed by atoms with van der Waals surface area (Å²) in [6.07, 6.45) is 9.38. The number of hydrogen-bond acceptors (Lipinski definition) is 5. The number of sulfonamides is 1. The quantitative estimate of drug-likeness (QED) is 0.546. The van der Waals surface area contributed by atoms with Crippen LogP contribution in [0, 0.1) is 0 Å². The van der Waals surface area contributed by atoms with Crippen LogP contribution in [-0.2, 0) is 10.0 Å². The Morgan fingerprint density at radius 2 is 1.77 bits per heavy atom. The number of carbonyl (C=O) groups excluding carboxylic acids is 1. The lowest BCUT2D eigenvalue weighted by atomic mass is 10.1. The van der Waals surface area contributed by atoms with Gasteiger partial charge in [0, 0.05) is 32.2 Å². The molecule has 8 heteroatoms. The van der Waals surface area contributed by atoms with Crippen molar-refractivity contribution in [2.75, 3.05) is 26.2 Å². The third kappa shape index (κ3) is 4.85. The Balaban J connectivity index is 1.51. The van der Waals surface area contributed by atoms with Gasteiger partial charge in [-0.15, -0.1) is 11.3 Å². The van der Waals surface area contributed by atoms with Crippen molar-refractivity contribution in [3.05, 3.63) is 16.3 Å². The minimum atomic E-state index is -3.56. The highest BCUT2D eigenvalue weighted by atomic mass is 32.2. The van der Waals surface area contributed by atoms with Crippen LogP contribution in [0.3, 0.4) is 0 Å². The van der Waals surface area contributed by atoms with Gasteiger partial charge in [0.15, 0.2) is 0 Å². The van der Waals surface area contributed by atoms with Gasteiger partial charge in [-0.1, -0.05) is 25.7 Å². The zero-order valence-corrected chi connectivity index (χ0v) is 16.8. The van der Waals surface area contributed by atoms with Crippen LogP contribution in [0.5, 0.6) is 0 Å². The molecular formula is C18H29N3O3S2. The summed E-state index contributed by atoms with van der Waals surface area (Å²) >= 11 is 1.19. The lowest BCUT2D eigenvalue weighted by Gasteiger charge is -2.17. The van der Waals surface area contributed by atoms with E-state index in [-0.39, 0.29) is 10.8 Å². The van der Waals surface area contributed by atoms with Gasteiger partial charge in [-0.3, -0.25) is 4.79 Å². The van der Waals surface area contributed by atoms with Gasteiger partial charge < -0.3 is 10.6 Å². The molecule has 3 rings (SSSR count). The Morgan fingerprint density at radius 1 is 1.08 bits per heavy atom. The molecule has 1 saturated heterocycles. The van der Waals surface area contributed by atoms with E-state index in [1.54, 1.807) is 11.4 Å². The second-order valence-electron chi connectivity index (χ2n) is 7.12. The summed E-state index contributed by atoms with van der Waals surface area (Å²) in [5.74, 6) is -0.291. The van der Waals surface area contributed by atoms with E-state index in [0.717, 1.165) is 19.4 Å². The Labute approximate surface area is 160 Å². The number of hydrogen-bond donors (Lipinski definition) is 2. The number of thiophene rings is 1. The fraction of sp³-hybridized carbons (Fsp3) is 0.722. The molecule has 0 bridgehead atoms. The van der Waals surface area contributed by atoms with E-state index in [9.17, 15) is 13.2 Å². The molecule has 0 spiro atoms. The smallest absolute Gasteiger partial charge is 0.262 e. The largest absolute Gasteiger partial charge is 0.350 e. The van der Waals surface area contributed by atoms with Crippen LogP contribution in [-0.4, -0.2) is 50.9 Å². The van der Waals surface area contributed by atoms with Crippen molar-refractivity contribution >= 4 is 27.3 Å². The van der Waals surface area contributed by atoms with Crippen LogP contribution >= 0.6 is 11.3 Å². The first kappa shape index (κ1) is 19.8. The number of rotatable bonds is 7. The SMILES string of the molecule is O=C(NCCNC1CCCCCC1)c1sccc1S(=O)(=O)N1CCCC1. The second-order valence-corrected chi connectivity index (χ2v) is 9.95. The summed E-state index contributed by atoms with van der Waals surface area (Å²) in [4.78, 5) is 12.9. The third-order valence-electron chi connectivity index (χ3n) is 5.22. The van der Waals surface area contributed by atoms with E-state index in [1.165, 1.54) is 54.2 Å². The lowest BCUT2D eigenvalue weighted by Crippen LogP contribution is -2.37. The first-order valence-corrected chi connectivity index (χ1v) is 12.0. The summed E-state index contributed by atoms with van der Waals surface area (Å²) < 4.78 is 26.9. The van der Waals surface area contributed by atoms with E-state index in [0.29, 0.717) is 30.6 Å². The van der Waals surface area contributed by atoms with Gasteiger partial charge in [0.05, 0.1) is 0 Å². The van der Waals surface area contributed by atoms with Crippen molar-refractivity contribution in [3.63, 3.8) is 0 Å². The van der Waals surface area contributed by atoms with Crippen molar-refractivity contribution in [3.8, 4) is 0 Å². The average molecular weight is 400 g/mol. The number of nitrogens with zero attached hydrogens (tertiary/aromatic N) is 1. The summed E-state index contributed by atoms with van der Waals surface area (Å²) in [5.41, 5.74) is 0. The molecule has 0 radical (unpaired) electrons. The number of nitrogens with one attached hydrogen (secondary N) is 2. The summed E-state index contributed by atoms with van der Waals surface area (Å²) in [5, 5.41) is 8.07. The minimum Gasteiger partial charge on any atom is -0.350 e. The molecule has 6 nitrogen and oxygen atoms in total. The van der Waals surface area contributed by atoms with Crippen LogP contribution in [0.2, 0.25) is 0 Å². The topological polar surface area (TPSA) is 78.5 Å². The molecule has 0 unspecified atom stereocenters. The highest BCUT2D eigenvalue weighted by Crippen LogP contribution is 2.27. The molecule has 1 amide bonds. The van der Waals surface area contributed by atoms with Gasteiger partial charge in [-0.2, -0.15) is 4.31 Å². The maximum absolute atomic E-state index is 12.7. The average Bonchev–Trinajstić information content (AvgIpc) is 3.28. The van der Waals surface area contributed by atoms with Crippen LogP contribution in [0.15, 0.2) is 16.3 Å². The Morgan fingerprint density at radius 3 is 2.46 bits per heavy atom. The number of carbonyl (C=O) groups is 1. The highest BCUT2D eigenvalue weighted by molar-refractivity contribution is 7.89. The summed E-state index contributed by atoms with van der Waals surface area (Å²) in [6.45, 7) is 2.32. The molecule has 1 saturated carbocycles. The zero-order valence-electron chi connectivity index (χ0n) is 15.2. The predicted octanol–water partition coefficient (Wildman–Crippen LogP) is 2.57. The van der Waals surface area contributed by atoms with Gasteiger partial charge in [-0.25, -0.2) is 8.42 Å². The molecule has 146 valence electrons. The molecule has 2 aliphatic rings. The molecular weight excluding hydrogens is 370 g/mol. The fourth-order valence-corrected chi connectivity index (χ4v) is 6.58. The molecule has 1 aromatic heterocycles. The summed E-state index contributed by atoms with van der Waals surface area (Å²) in [6, 6.07) is 2.10. The standard InChI is InChI=1S/C18H29N3O3S2/c22-18(20-11-10-19-15-7-3-1-2-4-8-15)17-16(9-14-25-17)26(23,24)21-12-5-6-13-21/h9,14-15,19H,1-8,10-13H2,(H,20,22). The van der Waals surface area contributed by atoms with Crippen LogP contribution in [0.1, 0.15) is 61.0 Å². The maximum atomic E-state index is 12.7. The fourth-order valence-electron chi connectivity index (χ4n) is 3.75. The maximum Gasteiger partial charge on any atom is 0.262 e. The van der Waals surface area contributed by atoms with Gasteiger partial charge in [0.25, 0.3) is 5.91 Å². The van der Waals surface area contributed by atoms with Gasteiger partial charge >= 0.3 is 0 Å². The first-order chi connectivity index (χ1) is 12.6. The van der Waals surface area contributed by atoms with Gasteiger partial charge in [0.2, 0.25) is 10.0 Å². The van der Waals surface area contributed by atoms with Crippen LogP contribution < -0.4 is 10.6 Å². The van der Waals surface area contributed by atoms with Crippen molar-refractivity contribution in [2.24, 2.45) is 0 Å². The van der Waals surface area contributed by atoms with Crippen molar-refractivity contribution in [1.29, 1.82) is 0 Å².